The second-order valence-electron chi connectivity index (χ2n) is 7.28. The molecule has 0 aliphatic rings. The van der Waals surface area contributed by atoms with E-state index < -0.39 is 12.8 Å². The maximum Gasteiger partial charge on any atom is 0.573 e. The number of alkyl halides is 5. The van der Waals surface area contributed by atoms with E-state index in [1.807, 2.05) is 13.8 Å². The van der Waals surface area contributed by atoms with Crippen molar-refractivity contribution >= 4 is 12.1 Å². The number of amides is 1. The number of nitrogens with zero attached hydrogens (tertiary/aromatic N) is 1. The van der Waals surface area contributed by atoms with Crippen molar-refractivity contribution in [1.29, 1.82) is 0 Å². The lowest BCUT2D eigenvalue weighted by Gasteiger charge is -2.26. The number of carbonyl (C=O) groups excluding carboxylic acids is 1. The Morgan fingerprint density at radius 3 is 2.34 bits per heavy atom. The highest BCUT2D eigenvalue weighted by atomic mass is 19.4. The van der Waals surface area contributed by atoms with E-state index in [0.717, 1.165) is 24.1 Å². The van der Waals surface area contributed by atoms with Crippen molar-refractivity contribution in [2.75, 3.05) is 11.9 Å². The summed E-state index contributed by atoms with van der Waals surface area (Å²) in [5, 5.41) is 2.42. The molecule has 0 fully saturated rings. The molecule has 0 aliphatic heterocycles. The van der Waals surface area contributed by atoms with Gasteiger partial charge in [-0.2, -0.15) is 0 Å². The molecule has 1 N–H and O–H groups in total. The molecule has 4 nitrogen and oxygen atoms in total. The second-order valence-corrected chi connectivity index (χ2v) is 7.28. The zero-order valence-corrected chi connectivity index (χ0v) is 18.2. The molecule has 0 unspecified atom stereocenters. The highest BCUT2D eigenvalue weighted by Gasteiger charge is 2.31. The van der Waals surface area contributed by atoms with E-state index in [1.54, 1.807) is 25.1 Å². The second kappa shape index (κ2) is 10.5. The molecule has 32 heavy (non-hydrogen) atoms. The van der Waals surface area contributed by atoms with Gasteiger partial charge in [0.25, 0.3) is 6.43 Å². The molecule has 0 radical (unpaired) electrons. The first-order valence-corrected chi connectivity index (χ1v) is 9.86. The molecule has 2 rings (SSSR count). The number of anilines is 1. The van der Waals surface area contributed by atoms with E-state index in [-0.39, 0.29) is 29.1 Å². The molecule has 0 bridgehead atoms. The highest BCUT2D eigenvalue weighted by Crippen LogP contribution is 2.41. The van der Waals surface area contributed by atoms with Gasteiger partial charge in [-0.25, -0.2) is 8.78 Å². The van der Waals surface area contributed by atoms with Gasteiger partial charge in [-0.05, 0) is 60.7 Å². The third-order valence-corrected chi connectivity index (χ3v) is 5.00. The van der Waals surface area contributed by atoms with Crippen molar-refractivity contribution < 1.29 is 31.5 Å². The van der Waals surface area contributed by atoms with E-state index in [2.05, 4.69) is 10.1 Å². The van der Waals surface area contributed by atoms with Crippen LogP contribution in [0.5, 0.6) is 5.75 Å². The van der Waals surface area contributed by atoms with E-state index in [4.69, 9.17) is 0 Å². The van der Waals surface area contributed by atoms with Gasteiger partial charge in [0, 0.05) is 25.4 Å². The first-order valence-electron chi connectivity index (χ1n) is 9.86. The largest absolute Gasteiger partial charge is 0.573 e. The number of hydrogen-bond acceptors (Lipinski definition) is 3. The van der Waals surface area contributed by atoms with Crippen LogP contribution in [0.2, 0.25) is 0 Å². The van der Waals surface area contributed by atoms with E-state index >= 15 is 0 Å². The third-order valence-electron chi connectivity index (χ3n) is 5.00. The van der Waals surface area contributed by atoms with Crippen LogP contribution in [-0.2, 0) is 11.3 Å². The molecule has 0 spiro atoms. The topological polar surface area (TPSA) is 41.6 Å². The number of ether oxygens (including phenoxy) is 1. The predicted octanol–water partition coefficient (Wildman–Crippen LogP) is 6.49. The van der Waals surface area contributed by atoms with Gasteiger partial charge in [0.15, 0.2) is 0 Å². The Bertz CT molecular complexity index is 970. The number of benzene rings is 2. The van der Waals surface area contributed by atoms with E-state index in [9.17, 15) is 26.7 Å². The summed E-state index contributed by atoms with van der Waals surface area (Å²) in [4.78, 5) is 12.4. The van der Waals surface area contributed by atoms with Gasteiger partial charge in [0.2, 0.25) is 6.41 Å². The fourth-order valence-electron chi connectivity index (χ4n) is 3.46. The van der Waals surface area contributed by atoms with Crippen molar-refractivity contribution in [2.45, 2.75) is 46.5 Å². The molecule has 2 aromatic rings. The summed E-state index contributed by atoms with van der Waals surface area (Å²) in [6, 6.07) is 6.72. The smallest absolute Gasteiger partial charge is 0.406 e. The average molecular weight is 456 g/mol. The molecule has 0 aliphatic carbocycles. The summed E-state index contributed by atoms with van der Waals surface area (Å²) in [6.07, 6.45) is -4.71. The van der Waals surface area contributed by atoms with Crippen LogP contribution in [0.25, 0.3) is 11.1 Å². The van der Waals surface area contributed by atoms with Gasteiger partial charge >= 0.3 is 6.36 Å². The van der Waals surface area contributed by atoms with Crippen molar-refractivity contribution in [2.24, 2.45) is 0 Å². The molecular formula is C23H25F5N2O2. The molecule has 0 saturated carbocycles. The fourth-order valence-corrected chi connectivity index (χ4v) is 3.46. The standard InChI is InChI=1S/C23H25F5N2O2/c1-5-14(2)12-30(4)21-15(3)19(10-17(11-29-13-31)20(21)22(24)25)16-6-8-18(9-7-16)32-23(26,27)28/h6-10,12-13,22H,5,11H2,1-4H3,(H,29,31)/b14-12+. The van der Waals surface area contributed by atoms with Crippen LogP contribution >= 0.6 is 0 Å². The molecule has 0 heterocycles. The minimum absolute atomic E-state index is 0.122. The maximum atomic E-state index is 14.1. The first-order chi connectivity index (χ1) is 15.0. The third kappa shape index (κ3) is 6.21. The number of nitrogens with one attached hydrogen (secondary N) is 1. The minimum Gasteiger partial charge on any atom is -0.406 e. The minimum atomic E-state index is -4.82. The summed E-state index contributed by atoms with van der Waals surface area (Å²) >= 11 is 0. The lowest BCUT2D eigenvalue weighted by Crippen LogP contribution is -2.18. The molecule has 1 amide bonds. The first kappa shape index (κ1) is 25.2. The van der Waals surface area contributed by atoms with Crippen LogP contribution in [0.15, 0.2) is 42.1 Å². The quantitative estimate of drug-likeness (QED) is 0.346. The Labute approximate surface area is 183 Å². The number of rotatable bonds is 9. The van der Waals surface area contributed by atoms with Gasteiger partial charge in [0.05, 0.1) is 5.69 Å². The SMILES string of the molecule is CC/C(C)=C/N(C)c1c(C)c(-c2ccc(OC(F)(F)F)cc2)cc(CNC=O)c1C(F)F. The summed E-state index contributed by atoms with van der Waals surface area (Å²) in [5.74, 6) is -0.384. The summed E-state index contributed by atoms with van der Waals surface area (Å²) < 4.78 is 69.5. The number of carbonyl (C=O) groups is 1. The van der Waals surface area contributed by atoms with Crippen molar-refractivity contribution in [3.05, 3.63) is 58.8 Å². The Balaban J connectivity index is 2.70. The Morgan fingerprint density at radius 2 is 1.84 bits per heavy atom. The van der Waals surface area contributed by atoms with E-state index in [0.29, 0.717) is 23.1 Å². The normalized spacial score (nSPS) is 12.1. The van der Waals surface area contributed by atoms with Gasteiger partial charge in [-0.1, -0.05) is 24.6 Å². The zero-order valence-electron chi connectivity index (χ0n) is 18.2. The van der Waals surface area contributed by atoms with Crippen molar-refractivity contribution in [3.8, 4) is 16.9 Å². The van der Waals surface area contributed by atoms with Crippen molar-refractivity contribution in [1.82, 2.24) is 5.32 Å². The van der Waals surface area contributed by atoms with Crippen LogP contribution < -0.4 is 15.0 Å². The van der Waals surface area contributed by atoms with Gasteiger partial charge in [-0.3, -0.25) is 4.79 Å². The van der Waals surface area contributed by atoms with E-state index in [1.165, 1.54) is 18.2 Å². The Morgan fingerprint density at radius 1 is 1.22 bits per heavy atom. The predicted molar refractivity (Wildman–Crippen MR) is 114 cm³/mol. The summed E-state index contributed by atoms with van der Waals surface area (Å²) in [5.41, 5.74) is 2.87. The fraction of sp³-hybridized carbons (Fsp3) is 0.348. The summed E-state index contributed by atoms with van der Waals surface area (Å²) in [6.45, 7) is 5.38. The van der Waals surface area contributed by atoms with Gasteiger partial charge in [-0.15, -0.1) is 13.2 Å². The zero-order chi connectivity index (χ0) is 24.1. The van der Waals surface area contributed by atoms with Crippen molar-refractivity contribution in [3.63, 3.8) is 0 Å². The van der Waals surface area contributed by atoms with Crippen LogP contribution in [0.3, 0.4) is 0 Å². The van der Waals surface area contributed by atoms with Crippen LogP contribution in [0.4, 0.5) is 27.6 Å². The van der Waals surface area contributed by atoms with Gasteiger partial charge < -0.3 is 15.0 Å². The van der Waals surface area contributed by atoms with Crippen LogP contribution in [-0.4, -0.2) is 19.8 Å². The average Bonchev–Trinajstić information content (AvgIpc) is 2.71. The summed E-state index contributed by atoms with van der Waals surface area (Å²) in [7, 11) is 1.66. The number of allylic oxidation sites excluding steroid dienone is 1. The lowest BCUT2D eigenvalue weighted by atomic mass is 9.91. The maximum absolute atomic E-state index is 14.1. The number of hydrogen-bond donors (Lipinski definition) is 1. The molecule has 0 saturated heterocycles. The molecule has 174 valence electrons. The Hall–Kier alpha value is -3.10. The molecule has 2 aromatic carbocycles. The monoisotopic (exact) mass is 456 g/mol. The highest BCUT2D eigenvalue weighted by molar-refractivity contribution is 5.79. The van der Waals surface area contributed by atoms with Gasteiger partial charge in [0.1, 0.15) is 5.75 Å². The lowest BCUT2D eigenvalue weighted by molar-refractivity contribution is -0.274. The Kier molecular flexibility index (Phi) is 8.24. The molecule has 9 heteroatoms. The number of halogens is 5. The van der Waals surface area contributed by atoms with Crippen LogP contribution in [0, 0.1) is 6.92 Å². The molecule has 0 atom stereocenters. The molecular weight excluding hydrogens is 431 g/mol. The molecule has 0 aromatic heterocycles. The van der Waals surface area contributed by atoms with Crippen LogP contribution in [0.1, 0.15) is 43.4 Å².